The van der Waals surface area contributed by atoms with Gasteiger partial charge < -0.3 is 0 Å². The molecule has 0 aliphatic rings. The van der Waals surface area contributed by atoms with Crippen molar-refractivity contribution in [2.45, 2.75) is 0 Å². The van der Waals surface area contributed by atoms with E-state index < -0.39 is 10.4 Å². The van der Waals surface area contributed by atoms with Gasteiger partial charge in [0.1, 0.15) is 0 Å². The van der Waals surface area contributed by atoms with Gasteiger partial charge in [-0.15, -0.1) is 0 Å². The van der Waals surface area contributed by atoms with Gasteiger partial charge in [0.2, 0.25) is 0 Å². The zero-order valence-corrected chi connectivity index (χ0v) is 4.16. The summed E-state index contributed by atoms with van der Waals surface area (Å²) in [6.07, 6.45) is 0. The van der Waals surface area contributed by atoms with Crippen LogP contribution in [0.25, 0.3) is 0 Å². The van der Waals surface area contributed by atoms with Gasteiger partial charge in [-0.3, -0.25) is 0 Å². The Morgan fingerprint density at radius 2 is 1.75 bits per heavy atom. The highest BCUT2D eigenvalue weighted by Gasteiger charge is 2.10. The zero-order chi connectivity index (χ0) is 6.62. The second-order valence-corrected chi connectivity index (χ2v) is 1.73. The predicted molar refractivity (Wildman–Crippen MR) is 17.4 cm³/mol. The lowest BCUT2D eigenvalue weighted by atomic mass is 14.6. The lowest BCUT2D eigenvalue weighted by molar-refractivity contribution is -0.443. The molecule has 0 unspecified atom stereocenters. The van der Waals surface area contributed by atoms with Gasteiger partial charge in [0, 0.05) is 0 Å². The molecular weight excluding hydrogens is 144 g/mol. The van der Waals surface area contributed by atoms with E-state index in [1.54, 1.807) is 0 Å². The summed E-state index contributed by atoms with van der Waals surface area (Å²) in [5, 5.41) is 17.2. The molecular formula is H2O7S. The van der Waals surface area contributed by atoms with E-state index in [0.29, 0.717) is 0 Å². The fourth-order valence-electron chi connectivity index (χ4n) is 0.0497. The molecule has 7 nitrogen and oxygen atoms in total. The summed E-state index contributed by atoms with van der Waals surface area (Å²) < 4.78 is 24.8. The molecule has 0 aromatic heterocycles. The number of rotatable bonds is 3. The van der Waals surface area contributed by atoms with Gasteiger partial charge in [0.25, 0.3) is 0 Å². The molecule has 0 spiro atoms. The molecule has 0 aromatic carbocycles. The largest absolute Gasteiger partial charge is 0.455 e. The normalized spacial score (nSPS) is 11.8. The van der Waals surface area contributed by atoms with Crippen LogP contribution in [0, 0.1) is 0 Å². The van der Waals surface area contributed by atoms with E-state index in [0.717, 1.165) is 0 Å². The van der Waals surface area contributed by atoms with Crippen molar-refractivity contribution in [2.24, 2.45) is 0 Å². The summed E-state index contributed by atoms with van der Waals surface area (Å²) in [5.41, 5.74) is 0. The summed E-state index contributed by atoms with van der Waals surface area (Å²) in [6, 6.07) is 0. The third-order valence-electron chi connectivity index (χ3n) is 0.205. The summed E-state index contributed by atoms with van der Waals surface area (Å²) in [5.74, 6) is 0. The Kier molecular flexibility index (Phi) is 2.82. The molecule has 2 N–H and O–H groups in total. The molecule has 50 valence electrons. The Labute approximate surface area is 44.1 Å². The van der Waals surface area contributed by atoms with Crippen molar-refractivity contribution in [2.75, 3.05) is 0 Å². The van der Waals surface area contributed by atoms with E-state index in [9.17, 15) is 8.42 Å². The second kappa shape index (κ2) is 2.91. The Bertz CT molecular complexity index is 128. The third kappa shape index (κ3) is 2.85. The lowest BCUT2D eigenvalue weighted by Gasteiger charge is -1.90. The van der Waals surface area contributed by atoms with Crippen molar-refractivity contribution in [3.8, 4) is 0 Å². The highest BCUT2D eigenvalue weighted by atomic mass is 32.3. The van der Waals surface area contributed by atoms with Gasteiger partial charge in [-0.1, -0.05) is 13.7 Å². The first-order valence-corrected chi connectivity index (χ1v) is 2.53. The summed E-state index contributed by atoms with van der Waals surface area (Å²) in [7, 11) is -4.59. The fourth-order valence-corrected chi connectivity index (χ4v) is 0.149. The van der Waals surface area contributed by atoms with Gasteiger partial charge >= 0.3 is 10.4 Å². The standard InChI is InChI=1S/H2O7S/c1-5-7-8(3,4)6-2/h1-2H. The Morgan fingerprint density at radius 3 is 1.88 bits per heavy atom. The van der Waals surface area contributed by atoms with Crippen LogP contribution in [0.5, 0.6) is 0 Å². The van der Waals surface area contributed by atoms with Crippen molar-refractivity contribution in [1.29, 1.82) is 0 Å². The Hall–Kier alpha value is -0.250. The zero-order valence-electron chi connectivity index (χ0n) is 3.34. The van der Waals surface area contributed by atoms with Crippen LogP contribution in [0.1, 0.15) is 0 Å². The SMILES string of the molecule is O=S(=O)(OO)OOO. The number of hydrogen-bond donors (Lipinski definition) is 2. The van der Waals surface area contributed by atoms with Crippen LogP contribution in [-0.2, 0) is 24.1 Å². The second-order valence-electron chi connectivity index (χ2n) is 0.625. The molecule has 0 heterocycles. The molecule has 0 saturated carbocycles. The topological polar surface area (TPSA) is 102 Å². The van der Waals surface area contributed by atoms with Crippen LogP contribution in [0.3, 0.4) is 0 Å². The Balaban J connectivity index is 3.76. The van der Waals surface area contributed by atoms with E-state index in [1.165, 1.54) is 0 Å². The molecule has 0 fully saturated rings. The molecule has 0 rings (SSSR count). The van der Waals surface area contributed by atoms with Crippen molar-refractivity contribution in [3.63, 3.8) is 0 Å². The maximum Gasteiger partial charge on any atom is 0.455 e. The van der Waals surface area contributed by atoms with Crippen LogP contribution in [-0.4, -0.2) is 18.9 Å². The minimum Gasteiger partial charge on any atom is -0.233 e. The van der Waals surface area contributed by atoms with Gasteiger partial charge in [0.05, 0.1) is 0 Å². The van der Waals surface area contributed by atoms with Gasteiger partial charge in [-0.05, 0) is 0 Å². The monoisotopic (exact) mass is 146 g/mol. The average Bonchev–Trinajstić information content (AvgIpc) is 1.67. The molecule has 0 amide bonds. The van der Waals surface area contributed by atoms with E-state index >= 15 is 0 Å². The van der Waals surface area contributed by atoms with Crippen LogP contribution >= 0.6 is 0 Å². The van der Waals surface area contributed by atoms with Crippen molar-refractivity contribution in [1.82, 2.24) is 0 Å². The van der Waals surface area contributed by atoms with Gasteiger partial charge in [0.15, 0.2) is 0 Å². The molecule has 0 saturated heterocycles. The maximum absolute atomic E-state index is 9.62. The minimum atomic E-state index is -4.59. The molecule has 0 aromatic rings. The predicted octanol–water partition coefficient (Wildman–Crippen LogP) is -0.858. The van der Waals surface area contributed by atoms with E-state index in [2.05, 4.69) is 13.7 Å². The molecule has 0 atom stereocenters. The maximum atomic E-state index is 9.62. The Morgan fingerprint density at radius 1 is 1.25 bits per heavy atom. The lowest BCUT2D eigenvalue weighted by Crippen LogP contribution is -2.06. The highest BCUT2D eigenvalue weighted by molar-refractivity contribution is 7.81. The first-order valence-electron chi connectivity index (χ1n) is 1.20. The van der Waals surface area contributed by atoms with Crippen LogP contribution in [0.4, 0.5) is 0 Å². The molecule has 0 aliphatic carbocycles. The molecule has 8 heteroatoms. The summed E-state index contributed by atoms with van der Waals surface area (Å²) >= 11 is 0. The molecule has 8 heavy (non-hydrogen) atoms. The average molecular weight is 146 g/mol. The molecule has 0 aliphatic heterocycles. The van der Waals surface area contributed by atoms with Gasteiger partial charge in [-0.25, -0.2) is 10.5 Å². The van der Waals surface area contributed by atoms with Crippen LogP contribution in [0.2, 0.25) is 0 Å². The first-order chi connectivity index (χ1) is 3.62. The molecule has 0 radical (unpaired) electrons. The van der Waals surface area contributed by atoms with E-state index in [1.807, 2.05) is 0 Å². The van der Waals surface area contributed by atoms with E-state index in [-0.39, 0.29) is 0 Å². The summed E-state index contributed by atoms with van der Waals surface area (Å²) in [4.78, 5) is 0. The van der Waals surface area contributed by atoms with E-state index in [4.69, 9.17) is 10.5 Å². The number of hydrogen-bond acceptors (Lipinski definition) is 7. The summed E-state index contributed by atoms with van der Waals surface area (Å²) in [6.45, 7) is 0. The van der Waals surface area contributed by atoms with Crippen molar-refractivity contribution < 1.29 is 32.6 Å². The van der Waals surface area contributed by atoms with Crippen molar-refractivity contribution >= 4 is 10.4 Å². The third-order valence-corrected chi connectivity index (χ3v) is 0.615. The van der Waals surface area contributed by atoms with Crippen LogP contribution in [0.15, 0.2) is 0 Å². The minimum absolute atomic E-state index is 2.62. The first kappa shape index (κ1) is 7.75. The molecule has 0 bridgehead atoms. The van der Waals surface area contributed by atoms with Gasteiger partial charge in [-0.2, -0.15) is 8.42 Å². The fraction of sp³-hybridized carbons (Fsp3) is 0. The smallest absolute Gasteiger partial charge is 0.233 e. The van der Waals surface area contributed by atoms with Crippen molar-refractivity contribution in [3.05, 3.63) is 0 Å². The quantitative estimate of drug-likeness (QED) is 0.394. The van der Waals surface area contributed by atoms with Crippen LogP contribution < -0.4 is 0 Å². The highest BCUT2D eigenvalue weighted by Crippen LogP contribution is 1.89.